The lowest BCUT2D eigenvalue weighted by Gasteiger charge is -2.28. The molecule has 1 aliphatic rings. The van der Waals surface area contributed by atoms with Crippen LogP contribution < -0.4 is 5.73 Å². The summed E-state index contributed by atoms with van der Waals surface area (Å²) >= 11 is 0. The van der Waals surface area contributed by atoms with Crippen LogP contribution in [0.4, 0.5) is 0 Å². The molecular weight excluding hydrogens is 320 g/mol. The van der Waals surface area contributed by atoms with Gasteiger partial charge < -0.3 is 15.2 Å². The number of hydrogen-bond donors (Lipinski definition) is 1. The molecule has 0 bridgehead atoms. The lowest BCUT2D eigenvalue weighted by Crippen LogP contribution is -2.47. The molecule has 138 valence electrons. The fraction of sp³-hybridized carbons (Fsp3) is 0.579. The molecule has 1 heterocycles. The first-order valence-corrected chi connectivity index (χ1v) is 8.65. The maximum absolute atomic E-state index is 12.1. The molecule has 0 radical (unpaired) electrons. The van der Waals surface area contributed by atoms with Crippen LogP contribution in [0.3, 0.4) is 0 Å². The molecule has 1 atom stereocenters. The molecule has 1 aliphatic heterocycles. The van der Waals surface area contributed by atoms with Gasteiger partial charge in [-0.3, -0.25) is 14.5 Å². The van der Waals surface area contributed by atoms with Crippen molar-refractivity contribution in [3.8, 4) is 0 Å². The standard InChI is InChI=1S/C19H28N2O4/c1-14(10-20)25-13-19(2,3)12-24-11-15-4-6-16(7-5-15)18(23)21-9-8-17(21)22/h4-7,14H,8-13,20H2,1-3H3. The molecule has 6 nitrogen and oxygen atoms in total. The van der Waals surface area contributed by atoms with Crippen LogP contribution in [0.25, 0.3) is 0 Å². The minimum Gasteiger partial charge on any atom is -0.377 e. The number of rotatable bonds is 9. The van der Waals surface area contributed by atoms with Gasteiger partial charge in [0, 0.05) is 30.5 Å². The van der Waals surface area contributed by atoms with Gasteiger partial charge in [0.05, 0.1) is 25.9 Å². The highest BCUT2D eigenvalue weighted by Crippen LogP contribution is 2.19. The Morgan fingerprint density at radius 1 is 1.28 bits per heavy atom. The van der Waals surface area contributed by atoms with Gasteiger partial charge in [-0.25, -0.2) is 0 Å². The zero-order valence-electron chi connectivity index (χ0n) is 15.3. The Hall–Kier alpha value is -1.76. The van der Waals surface area contributed by atoms with Crippen molar-refractivity contribution in [2.45, 2.75) is 39.9 Å². The van der Waals surface area contributed by atoms with E-state index < -0.39 is 0 Å². The Balaban J connectivity index is 1.77. The summed E-state index contributed by atoms with van der Waals surface area (Å²) < 4.78 is 11.5. The van der Waals surface area contributed by atoms with E-state index in [1.54, 1.807) is 12.1 Å². The molecule has 2 N–H and O–H groups in total. The van der Waals surface area contributed by atoms with Crippen LogP contribution in [0.5, 0.6) is 0 Å². The molecule has 1 saturated heterocycles. The molecule has 0 aliphatic carbocycles. The van der Waals surface area contributed by atoms with E-state index in [1.807, 2.05) is 19.1 Å². The Morgan fingerprint density at radius 2 is 1.96 bits per heavy atom. The smallest absolute Gasteiger partial charge is 0.260 e. The second-order valence-corrected chi connectivity index (χ2v) is 7.31. The first kappa shape index (κ1) is 19.6. The number of β-lactam (4-membered cyclic amide) rings is 1. The van der Waals surface area contributed by atoms with Gasteiger partial charge in [0.15, 0.2) is 0 Å². The van der Waals surface area contributed by atoms with Crippen molar-refractivity contribution in [1.82, 2.24) is 4.90 Å². The molecule has 6 heteroatoms. The maximum Gasteiger partial charge on any atom is 0.260 e. The summed E-state index contributed by atoms with van der Waals surface area (Å²) in [6.45, 7) is 8.76. The van der Waals surface area contributed by atoms with Gasteiger partial charge in [-0.05, 0) is 24.6 Å². The number of nitrogens with two attached hydrogens (primary N) is 1. The van der Waals surface area contributed by atoms with Crippen molar-refractivity contribution in [1.29, 1.82) is 0 Å². The van der Waals surface area contributed by atoms with Gasteiger partial charge in [0.25, 0.3) is 5.91 Å². The zero-order chi connectivity index (χ0) is 18.4. The number of hydrogen-bond acceptors (Lipinski definition) is 5. The maximum atomic E-state index is 12.1. The molecule has 1 unspecified atom stereocenters. The Kier molecular flexibility index (Phi) is 6.70. The molecule has 25 heavy (non-hydrogen) atoms. The van der Waals surface area contributed by atoms with E-state index in [9.17, 15) is 9.59 Å². The van der Waals surface area contributed by atoms with Crippen LogP contribution in [0, 0.1) is 5.41 Å². The fourth-order valence-corrected chi connectivity index (χ4v) is 2.35. The molecule has 2 amide bonds. The van der Waals surface area contributed by atoms with Crippen LogP contribution in [-0.2, 0) is 20.9 Å². The second kappa shape index (κ2) is 8.56. The average molecular weight is 348 g/mol. The lowest BCUT2D eigenvalue weighted by molar-refractivity contribution is -0.135. The third-order valence-corrected chi connectivity index (χ3v) is 4.15. The molecule has 1 fully saturated rings. The van der Waals surface area contributed by atoms with Gasteiger partial charge in [-0.2, -0.15) is 0 Å². The van der Waals surface area contributed by atoms with Crippen molar-refractivity contribution in [3.05, 3.63) is 35.4 Å². The van der Waals surface area contributed by atoms with Crippen molar-refractivity contribution in [2.24, 2.45) is 11.1 Å². The predicted octanol–water partition coefficient (Wildman–Crippen LogP) is 1.97. The Morgan fingerprint density at radius 3 is 2.48 bits per heavy atom. The third-order valence-electron chi connectivity index (χ3n) is 4.15. The van der Waals surface area contributed by atoms with E-state index in [1.165, 1.54) is 4.90 Å². The van der Waals surface area contributed by atoms with Crippen molar-refractivity contribution in [2.75, 3.05) is 26.3 Å². The summed E-state index contributed by atoms with van der Waals surface area (Å²) in [4.78, 5) is 24.7. The largest absolute Gasteiger partial charge is 0.377 e. The molecule has 0 saturated carbocycles. The van der Waals surface area contributed by atoms with Crippen LogP contribution in [0.15, 0.2) is 24.3 Å². The summed E-state index contributed by atoms with van der Waals surface area (Å²) in [6, 6.07) is 7.20. The van der Waals surface area contributed by atoms with E-state index >= 15 is 0 Å². The number of ether oxygens (including phenoxy) is 2. The number of likely N-dealkylation sites (tertiary alicyclic amines) is 1. The zero-order valence-corrected chi connectivity index (χ0v) is 15.3. The minimum absolute atomic E-state index is 0.0441. The van der Waals surface area contributed by atoms with Crippen molar-refractivity contribution in [3.63, 3.8) is 0 Å². The fourth-order valence-electron chi connectivity index (χ4n) is 2.35. The van der Waals surface area contributed by atoms with Crippen LogP contribution in [0.1, 0.15) is 43.1 Å². The summed E-state index contributed by atoms with van der Waals surface area (Å²) in [5.74, 6) is -0.332. The van der Waals surface area contributed by atoms with Crippen LogP contribution in [-0.4, -0.2) is 49.1 Å². The Labute approximate surface area is 149 Å². The summed E-state index contributed by atoms with van der Waals surface area (Å²) in [6.07, 6.45) is 0.504. The minimum atomic E-state index is -0.226. The first-order valence-electron chi connectivity index (χ1n) is 8.65. The average Bonchev–Trinajstić information content (AvgIpc) is 2.58. The van der Waals surface area contributed by atoms with Gasteiger partial charge in [0.2, 0.25) is 5.91 Å². The predicted molar refractivity (Wildman–Crippen MR) is 95.0 cm³/mol. The molecule has 1 aromatic rings. The number of carbonyl (C=O) groups is 2. The van der Waals surface area contributed by atoms with Gasteiger partial charge in [-0.1, -0.05) is 26.0 Å². The van der Waals surface area contributed by atoms with E-state index in [0.717, 1.165) is 5.56 Å². The topological polar surface area (TPSA) is 81.9 Å². The summed E-state index contributed by atoms with van der Waals surface area (Å²) in [5, 5.41) is 0. The molecule has 2 rings (SSSR count). The van der Waals surface area contributed by atoms with Crippen LogP contribution >= 0.6 is 0 Å². The van der Waals surface area contributed by atoms with E-state index in [4.69, 9.17) is 15.2 Å². The highest BCUT2D eigenvalue weighted by molar-refractivity contribution is 6.07. The highest BCUT2D eigenvalue weighted by atomic mass is 16.5. The first-order chi connectivity index (χ1) is 11.8. The molecule has 1 aromatic carbocycles. The normalized spacial score (nSPS) is 15.8. The van der Waals surface area contributed by atoms with E-state index in [-0.39, 0.29) is 23.3 Å². The highest BCUT2D eigenvalue weighted by Gasteiger charge is 2.30. The summed E-state index contributed by atoms with van der Waals surface area (Å²) in [5.41, 5.74) is 6.96. The summed E-state index contributed by atoms with van der Waals surface area (Å²) in [7, 11) is 0. The lowest BCUT2D eigenvalue weighted by atomic mass is 9.96. The Bertz CT molecular complexity index is 598. The molecular formula is C19H28N2O4. The number of nitrogens with zero attached hydrogens (tertiary/aromatic N) is 1. The number of benzene rings is 1. The second-order valence-electron chi connectivity index (χ2n) is 7.31. The van der Waals surface area contributed by atoms with Crippen molar-refractivity contribution >= 4 is 11.8 Å². The van der Waals surface area contributed by atoms with E-state index in [0.29, 0.717) is 44.9 Å². The number of carbonyl (C=O) groups excluding carboxylic acids is 2. The third kappa shape index (κ3) is 5.63. The quantitative estimate of drug-likeness (QED) is 0.545. The monoisotopic (exact) mass is 348 g/mol. The SMILES string of the molecule is CC(CN)OCC(C)(C)COCc1ccc(C(=O)N2CCC2=O)cc1. The van der Waals surface area contributed by atoms with Gasteiger partial charge in [0.1, 0.15) is 0 Å². The van der Waals surface area contributed by atoms with E-state index in [2.05, 4.69) is 13.8 Å². The van der Waals surface area contributed by atoms with Gasteiger partial charge in [-0.15, -0.1) is 0 Å². The van der Waals surface area contributed by atoms with Crippen LogP contribution in [0.2, 0.25) is 0 Å². The number of amides is 2. The van der Waals surface area contributed by atoms with Crippen molar-refractivity contribution < 1.29 is 19.1 Å². The van der Waals surface area contributed by atoms with Gasteiger partial charge >= 0.3 is 0 Å². The molecule has 0 spiro atoms. The number of imide groups is 1. The molecule has 0 aromatic heterocycles.